The molecule has 0 saturated heterocycles. The van der Waals surface area contributed by atoms with Crippen molar-refractivity contribution in [3.63, 3.8) is 0 Å². The number of benzene rings is 1. The molecule has 2 rings (SSSR count). The highest BCUT2D eigenvalue weighted by Gasteiger charge is 2.20. The molecular formula is C13H15N3O2S. The fraction of sp³-hybridized carbons (Fsp3) is 0.308. The van der Waals surface area contributed by atoms with Crippen LogP contribution in [0.3, 0.4) is 0 Å². The Morgan fingerprint density at radius 3 is 2.89 bits per heavy atom. The van der Waals surface area contributed by atoms with E-state index in [1.165, 1.54) is 6.07 Å². The van der Waals surface area contributed by atoms with Gasteiger partial charge < -0.3 is 5.32 Å². The molecule has 0 radical (unpaired) electrons. The minimum Gasteiger partial charge on any atom is -0.370 e. The number of thiazole rings is 1. The maximum atomic E-state index is 11.1. The first kappa shape index (κ1) is 13.5. The van der Waals surface area contributed by atoms with Crippen LogP contribution in [0.1, 0.15) is 30.0 Å². The zero-order valence-electron chi connectivity index (χ0n) is 10.8. The van der Waals surface area contributed by atoms with E-state index in [1.807, 2.05) is 25.3 Å². The van der Waals surface area contributed by atoms with Crippen molar-refractivity contribution in [3.05, 3.63) is 50.5 Å². The Kier molecular flexibility index (Phi) is 4.11. The van der Waals surface area contributed by atoms with E-state index >= 15 is 0 Å². The predicted octanol–water partition coefficient (Wildman–Crippen LogP) is 3.92. The molecule has 19 heavy (non-hydrogen) atoms. The fourth-order valence-electron chi connectivity index (χ4n) is 1.91. The number of aromatic nitrogens is 1. The van der Waals surface area contributed by atoms with Gasteiger partial charge in [0.05, 0.1) is 11.0 Å². The van der Waals surface area contributed by atoms with Crippen molar-refractivity contribution < 1.29 is 4.92 Å². The molecule has 0 aliphatic heterocycles. The van der Waals surface area contributed by atoms with Gasteiger partial charge in [0.25, 0.3) is 5.69 Å². The van der Waals surface area contributed by atoms with Crippen molar-refractivity contribution in [1.82, 2.24) is 4.98 Å². The molecule has 0 amide bonds. The minimum atomic E-state index is -0.357. The largest absolute Gasteiger partial charge is 0.370 e. The van der Waals surface area contributed by atoms with Gasteiger partial charge in [-0.15, -0.1) is 11.3 Å². The molecular weight excluding hydrogens is 262 g/mol. The van der Waals surface area contributed by atoms with E-state index in [4.69, 9.17) is 0 Å². The highest BCUT2D eigenvalue weighted by molar-refractivity contribution is 7.09. The summed E-state index contributed by atoms with van der Waals surface area (Å²) in [6, 6.07) is 5.08. The normalized spacial score (nSPS) is 12.1. The lowest BCUT2D eigenvalue weighted by Gasteiger charge is -2.17. The van der Waals surface area contributed by atoms with Crippen molar-refractivity contribution in [3.8, 4) is 0 Å². The van der Waals surface area contributed by atoms with Gasteiger partial charge in [0, 0.05) is 17.6 Å². The summed E-state index contributed by atoms with van der Waals surface area (Å²) in [6.45, 7) is 3.90. The second-order valence-electron chi connectivity index (χ2n) is 4.20. The predicted molar refractivity (Wildman–Crippen MR) is 76.6 cm³/mol. The Labute approximate surface area is 115 Å². The van der Waals surface area contributed by atoms with Gasteiger partial charge in [0.15, 0.2) is 0 Å². The molecule has 1 aromatic heterocycles. The van der Waals surface area contributed by atoms with E-state index in [-0.39, 0.29) is 16.7 Å². The molecule has 0 bridgehead atoms. The molecule has 0 aliphatic carbocycles. The second kappa shape index (κ2) is 5.79. The third-order valence-corrected chi connectivity index (χ3v) is 3.81. The number of nitro benzene ring substituents is 1. The lowest BCUT2D eigenvalue weighted by molar-refractivity contribution is -0.384. The van der Waals surface area contributed by atoms with Crippen LogP contribution in [-0.4, -0.2) is 9.91 Å². The second-order valence-corrected chi connectivity index (χ2v) is 5.13. The molecule has 1 unspecified atom stereocenters. The topological polar surface area (TPSA) is 68.1 Å². The standard InChI is InChI=1S/C13H15N3O2S/c1-3-10(13-14-7-8-19-13)15-12-9(2)5-4-6-11(12)16(17)18/h4-8,10,15H,3H2,1-2H3. The zero-order valence-corrected chi connectivity index (χ0v) is 11.6. The van der Waals surface area contributed by atoms with Crippen LogP contribution < -0.4 is 5.32 Å². The lowest BCUT2D eigenvalue weighted by atomic mass is 10.1. The number of nitrogens with one attached hydrogen (secondary N) is 1. The summed E-state index contributed by atoms with van der Waals surface area (Å²) in [5.41, 5.74) is 1.55. The molecule has 1 aromatic carbocycles. The molecule has 1 heterocycles. The van der Waals surface area contributed by atoms with Crippen molar-refractivity contribution in [2.24, 2.45) is 0 Å². The molecule has 2 aromatic rings. The van der Waals surface area contributed by atoms with Gasteiger partial charge in [-0.1, -0.05) is 19.1 Å². The van der Waals surface area contributed by atoms with Crippen molar-refractivity contribution in [2.45, 2.75) is 26.3 Å². The summed E-state index contributed by atoms with van der Waals surface area (Å²) in [4.78, 5) is 15.0. The summed E-state index contributed by atoms with van der Waals surface area (Å²) in [6.07, 6.45) is 2.57. The van der Waals surface area contributed by atoms with E-state index in [1.54, 1.807) is 23.6 Å². The number of hydrogen-bond acceptors (Lipinski definition) is 5. The van der Waals surface area contributed by atoms with E-state index in [2.05, 4.69) is 10.3 Å². The molecule has 0 spiro atoms. The average molecular weight is 277 g/mol. The number of hydrogen-bond donors (Lipinski definition) is 1. The number of rotatable bonds is 5. The van der Waals surface area contributed by atoms with Crippen LogP contribution in [0, 0.1) is 17.0 Å². The van der Waals surface area contributed by atoms with Crippen LogP contribution in [0.5, 0.6) is 0 Å². The Morgan fingerprint density at radius 2 is 2.32 bits per heavy atom. The molecule has 1 N–H and O–H groups in total. The van der Waals surface area contributed by atoms with Gasteiger partial charge in [-0.3, -0.25) is 10.1 Å². The average Bonchev–Trinajstić information content (AvgIpc) is 2.90. The van der Waals surface area contributed by atoms with Crippen molar-refractivity contribution in [1.29, 1.82) is 0 Å². The molecule has 0 fully saturated rings. The first-order valence-electron chi connectivity index (χ1n) is 6.03. The van der Waals surface area contributed by atoms with Crippen LogP contribution in [0.4, 0.5) is 11.4 Å². The van der Waals surface area contributed by atoms with E-state index in [9.17, 15) is 10.1 Å². The molecule has 0 saturated carbocycles. The quantitative estimate of drug-likeness (QED) is 0.664. The maximum absolute atomic E-state index is 11.1. The first-order chi connectivity index (χ1) is 9.13. The molecule has 5 nitrogen and oxygen atoms in total. The van der Waals surface area contributed by atoms with Gasteiger partial charge in [-0.25, -0.2) is 4.98 Å². The molecule has 0 aliphatic rings. The van der Waals surface area contributed by atoms with Crippen LogP contribution >= 0.6 is 11.3 Å². The van der Waals surface area contributed by atoms with Gasteiger partial charge in [-0.2, -0.15) is 0 Å². The molecule has 100 valence electrons. The summed E-state index contributed by atoms with van der Waals surface area (Å²) in [5.74, 6) is 0. The summed E-state index contributed by atoms with van der Waals surface area (Å²) >= 11 is 1.55. The number of nitrogens with zero attached hydrogens (tertiary/aromatic N) is 2. The summed E-state index contributed by atoms with van der Waals surface area (Å²) in [5, 5.41) is 17.2. The van der Waals surface area contributed by atoms with Gasteiger partial charge >= 0.3 is 0 Å². The Morgan fingerprint density at radius 1 is 1.53 bits per heavy atom. The zero-order chi connectivity index (χ0) is 13.8. The van der Waals surface area contributed by atoms with Gasteiger partial charge in [0.2, 0.25) is 0 Å². The van der Waals surface area contributed by atoms with E-state index in [0.29, 0.717) is 5.69 Å². The highest BCUT2D eigenvalue weighted by atomic mass is 32.1. The van der Waals surface area contributed by atoms with E-state index < -0.39 is 0 Å². The van der Waals surface area contributed by atoms with Crippen molar-refractivity contribution in [2.75, 3.05) is 5.32 Å². The van der Waals surface area contributed by atoms with Crippen molar-refractivity contribution >= 4 is 22.7 Å². The van der Waals surface area contributed by atoms with Gasteiger partial charge in [0.1, 0.15) is 10.7 Å². The van der Waals surface area contributed by atoms with Gasteiger partial charge in [-0.05, 0) is 18.9 Å². The Bertz CT molecular complexity index is 569. The van der Waals surface area contributed by atoms with Crippen LogP contribution in [0.15, 0.2) is 29.8 Å². The number of aryl methyl sites for hydroxylation is 1. The summed E-state index contributed by atoms with van der Waals surface area (Å²) in [7, 11) is 0. The fourth-order valence-corrected chi connectivity index (χ4v) is 2.68. The highest BCUT2D eigenvalue weighted by Crippen LogP contribution is 2.32. The molecule has 1 atom stereocenters. The SMILES string of the molecule is CCC(Nc1c(C)cccc1[N+](=O)[O-])c1nccs1. The van der Waals surface area contributed by atoms with Crippen LogP contribution in [0.25, 0.3) is 0 Å². The Balaban J connectivity index is 2.34. The lowest BCUT2D eigenvalue weighted by Crippen LogP contribution is -2.11. The number of nitro groups is 1. The number of anilines is 1. The van der Waals surface area contributed by atoms with Crippen LogP contribution in [0.2, 0.25) is 0 Å². The minimum absolute atomic E-state index is 0.000185. The first-order valence-corrected chi connectivity index (χ1v) is 6.91. The smallest absolute Gasteiger partial charge is 0.292 e. The molecule has 6 heteroatoms. The summed E-state index contributed by atoms with van der Waals surface area (Å²) < 4.78 is 0. The monoisotopic (exact) mass is 277 g/mol. The third-order valence-electron chi connectivity index (χ3n) is 2.92. The Hall–Kier alpha value is -1.95. The van der Waals surface area contributed by atoms with Crippen LogP contribution in [-0.2, 0) is 0 Å². The maximum Gasteiger partial charge on any atom is 0.292 e. The van der Waals surface area contributed by atoms with E-state index in [0.717, 1.165) is 17.0 Å². The third kappa shape index (κ3) is 2.90. The number of para-hydroxylation sites is 1.